The summed E-state index contributed by atoms with van der Waals surface area (Å²) >= 11 is 1.92. The van der Waals surface area contributed by atoms with Gasteiger partial charge in [-0.3, -0.25) is 4.90 Å². The Labute approximate surface area is 96.3 Å². The zero-order chi connectivity index (χ0) is 11.0. The molecular weight excluding hydrogens is 204 g/mol. The van der Waals surface area contributed by atoms with E-state index in [2.05, 4.69) is 32.6 Å². The van der Waals surface area contributed by atoms with Gasteiger partial charge in [0.25, 0.3) is 0 Å². The average Bonchev–Trinajstić information content (AvgIpc) is 2.59. The monoisotopic (exact) mass is 224 g/mol. The molecule has 84 valence electrons. The third-order valence-corrected chi connectivity index (χ3v) is 4.46. The molecule has 0 fully saturated rings. The van der Waals surface area contributed by atoms with Gasteiger partial charge in [-0.1, -0.05) is 13.8 Å². The van der Waals surface area contributed by atoms with Gasteiger partial charge in [0.2, 0.25) is 0 Å². The van der Waals surface area contributed by atoms with Gasteiger partial charge in [-0.2, -0.15) is 0 Å². The first-order valence-corrected chi connectivity index (χ1v) is 6.62. The van der Waals surface area contributed by atoms with Gasteiger partial charge < -0.3 is 0 Å². The number of fused-ring (bicyclic) bond motifs is 1. The van der Waals surface area contributed by atoms with Crippen LogP contribution in [0.5, 0.6) is 0 Å². The minimum absolute atomic E-state index is 0.577. The number of nitrogens with zero attached hydrogens (tertiary/aromatic N) is 2. The van der Waals surface area contributed by atoms with E-state index in [1.807, 2.05) is 11.3 Å². The summed E-state index contributed by atoms with van der Waals surface area (Å²) in [6.45, 7) is 11.2. The Morgan fingerprint density at radius 3 is 2.60 bits per heavy atom. The molecule has 3 heteroatoms. The first-order chi connectivity index (χ1) is 7.08. The van der Waals surface area contributed by atoms with Crippen molar-refractivity contribution in [1.82, 2.24) is 9.88 Å². The molecule has 1 aliphatic rings. The van der Waals surface area contributed by atoms with Crippen LogP contribution in [0, 0.1) is 0 Å². The highest BCUT2D eigenvalue weighted by Gasteiger charge is 2.22. The molecule has 2 heterocycles. The molecule has 0 saturated carbocycles. The van der Waals surface area contributed by atoms with E-state index >= 15 is 0 Å². The van der Waals surface area contributed by atoms with E-state index < -0.39 is 0 Å². The smallest absolute Gasteiger partial charge is 0.0957 e. The first-order valence-electron chi connectivity index (χ1n) is 5.80. The second kappa shape index (κ2) is 4.22. The fourth-order valence-corrected chi connectivity index (χ4v) is 2.99. The van der Waals surface area contributed by atoms with Crippen LogP contribution in [0.1, 0.15) is 49.2 Å². The lowest BCUT2D eigenvalue weighted by molar-refractivity contribution is 0.202. The fraction of sp³-hybridized carbons (Fsp3) is 0.750. The van der Waals surface area contributed by atoms with E-state index in [0.717, 1.165) is 6.54 Å². The maximum atomic E-state index is 4.76. The van der Waals surface area contributed by atoms with Crippen molar-refractivity contribution in [1.29, 1.82) is 0 Å². The molecule has 1 aromatic heterocycles. The van der Waals surface area contributed by atoms with Gasteiger partial charge in [0.1, 0.15) is 0 Å². The van der Waals surface area contributed by atoms with Crippen molar-refractivity contribution >= 4 is 11.3 Å². The first kappa shape index (κ1) is 11.1. The Bertz CT molecular complexity index is 341. The molecule has 2 nitrogen and oxygen atoms in total. The number of rotatable bonds is 2. The quantitative estimate of drug-likeness (QED) is 0.767. The van der Waals surface area contributed by atoms with Gasteiger partial charge in [0.05, 0.1) is 10.7 Å². The second-order valence-corrected chi connectivity index (χ2v) is 6.01. The van der Waals surface area contributed by atoms with E-state index in [-0.39, 0.29) is 0 Å². The van der Waals surface area contributed by atoms with E-state index in [1.54, 1.807) is 0 Å². The zero-order valence-electron chi connectivity index (χ0n) is 10.1. The molecule has 1 aromatic rings. The minimum atomic E-state index is 0.577. The molecule has 0 N–H and O–H groups in total. The maximum absolute atomic E-state index is 4.76. The summed E-state index contributed by atoms with van der Waals surface area (Å²) in [7, 11) is 0. The van der Waals surface area contributed by atoms with Gasteiger partial charge >= 0.3 is 0 Å². The highest BCUT2D eigenvalue weighted by atomic mass is 32.1. The van der Waals surface area contributed by atoms with Crippen LogP contribution in [0.4, 0.5) is 0 Å². The highest BCUT2D eigenvalue weighted by molar-refractivity contribution is 7.11. The summed E-state index contributed by atoms with van der Waals surface area (Å²) in [5.41, 5.74) is 1.34. The third-order valence-electron chi connectivity index (χ3n) is 3.00. The van der Waals surface area contributed by atoms with Crippen molar-refractivity contribution in [3.8, 4) is 0 Å². The van der Waals surface area contributed by atoms with E-state index in [4.69, 9.17) is 4.98 Å². The van der Waals surface area contributed by atoms with Crippen molar-refractivity contribution < 1.29 is 0 Å². The summed E-state index contributed by atoms with van der Waals surface area (Å²) < 4.78 is 0. The molecule has 0 aromatic carbocycles. The molecule has 2 rings (SSSR count). The van der Waals surface area contributed by atoms with Crippen LogP contribution < -0.4 is 0 Å². The Morgan fingerprint density at radius 1 is 1.27 bits per heavy atom. The number of aromatic nitrogens is 1. The Morgan fingerprint density at radius 2 is 2.00 bits per heavy atom. The summed E-state index contributed by atoms with van der Waals surface area (Å²) in [5, 5.41) is 1.31. The van der Waals surface area contributed by atoms with Gasteiger partial charge in [-0.25, -0.2) is 4.98 Å². The number of hydrogen-bond acceptors (Lipinski definition) is 3. The van der Waals surface area contributed by atoms with Crippen molar-refractivity contribution in [3.05, 3.63) is 15.6 Å². The van der Waals surface area contributed by atoms with Gasteiger partial charge in [-0.05, 0) is 20.3 Å². The van der Waals surface area contributed by atoms with Crippen LogP contribution in [0.15, 0.2) is 0 Å². The molecule has 1 aliphatic heterocycles. The van der Waals surface area contributed by atoms with Crippen LogP contribution in [0.25, 0.3) is 0 Å². The van der Waals surface area contributed by atoms with Crippen LogP contribution >= 0.6 is 11.3 Å². The van der Waals surface area contributed by atoms with Crippen LogP contribution in [0.3, 0.4) is 0 Å². The molecule has 0 amide bonds. The molecule has 0 spiro atoms. The lowest BCUT2D eigenvalue weighted by Gasteiger charge is -2.29. The number of thiazole rings is 1. The highest BCUT2D eigenvalue weighted by Crippen LogP contribution is 2.29. The molecule has 15 heavy (non-hydrogen) atoms. The Balaban J connectivity index is 2.19. The van der Waals surface area contributed by atoms with Crippen LogP contribution in [0.2, 0.25) is 0 Å². The molecule has 0 unspecified atom stereocenters. The average molecular weight is 224 g/mol. The van der Waals surface area contributed by atoms with E-state index in [9.17, 15) is 0 Å². The zero-order valence-corrected chi connectivity index (χ0v) is 10.9. The van der Waals surface area contributed by atoms with Crippen molar-refractivity contribution in [2.45, 2.75) is 52.6 Å². The maximum Gasteiger partial charge on any atom is 0.0957 e. The van der Waals surface area contributed by atoms with Crippen molar-refractivity contribution in [3.63, 3.8) is 0 Å². The molecule has 0 radical (unpaired) electrons. The summed E-state index contributed by atoms with van der Waals surface area (Å²) in [6.07, 6.45) is 1.19. The lowest BCUT2D eigenvalue weighted by atomic mass is 10.1. The van der Waals surface area contributed by atoms with Gasteiger partial charge in [0, 0.05) is 29.9 Å². The summed E-state index contributed by atoms with van der Waals surface area (Å²) in [4.78, 5) is 8.79. The largest absolute Gasteiger partial charge is 0.295 e. The standard InChI is InChI=1S/C12H20N2S/c1-8(2)12-13-10-7-14(9(3)4)6-5-11(10)15-12/h8-9H,5-7H2,1-4H3. The molecule has 0 atom stereocenters. The fourth-order valence-electron chi connectivity index (χ4n) is 1.93. The van der Waals surface area contributed by atoms with Gasteiger partial charge in [-0.15, -0.1) is 11.3 Å². The molecule has 0 bridgehead atoms. The van der Waals surface area contributed by atoms with Crippen LogP contribution in [-0.4, -0.2) is 22.5 Å². The SMILES string of the molecule is CC(C)c1nc2c(s1)CCN(C(C)C)C2. The summed E-state index contributed by atoms with van der Waals surface area (Å²) in [6, 6.07) is 0.641. The van der Waals surface area contributed by atoms with E-state index in [1.165, 1.54) is 28.5 Å². The molecular formula is C12H20N2S. The Hall–Kier alpha value is -0.410. The Kier molecular flexibility index (Phi) is 3.12. The van der Waals surface area contributed by atoms with Crippen molar-refractivity contribution in [2.24, 2.45) is 0 Å². The molecule has 0 aliphatic carbocycles. The number of hydrogen-bond donors (Lipinski definition) is 0. The van der Waals surface area contributed by atoms with Gasteiger partial charge in [0.15, 0.2) is 0 Å². The lowest BCUT2D eigenvalue weighted by Crippen LogP contribution is -2.35. The predicted molar refractivity (Wildman–Crippen MR) is 65.5 cm³/mol. The second-order valence-electron chi connectivity index (χ2n) is 4.89. The van der Waals surface area contributed by atoms with E-state index in [0.29, 0.717) is 12.0 Å². The predicted octanol–water partition coefficient (Wildman–Crippen LogP) is 3.03. The minimum Gasteiger partial charge on any atom is -0.295 e. The third kappa shape index (κ3) is 2.23. The summed E-state index contributed by atoms with van der Waals surface area (Å²) in [5.74, 6) is 0.577. The normalized spacial score (nSPS) is 17.5. The molecule has 0 saturated heterocycles. The van der Waals surface area contributed by atoms with Crippen molar-refractivity contribution in [2.75, 3.05) is 6.54 Å². The van der Waals surface area contributed by atoms with Crippen LogP contribution in [-0.2, 0) is 13.0 Å². The topological polar surface area (TPSA) is 16.1 Å².